The summed E-state index contributed by atoms with van der Waals surface area (Å²) in [6.45, 7) is 6.90. The highest BCUT2D eigenvalue weighted by Gasteiger charge is 2.05. The van der Waals surface area contributed by atoms with Crippen LogP contribution in [-0.2, 0) is 6.54 Å². The van der Waals surface area contributed by atoms with Crippen molar-refractivity contribution >= 4 is 17.5 Å². The van der Waals surface area contributed by atoms with Crippen molar-refractivity contribution in [3.05, 3.63) is 77.0 Å². The fourth-order valence-electron chi connectivity index (χ4n) is 2.51. The summed E-state index contributed by atoms with van der Waals surface area (Å²) in [6, 6.07) is 18.4. The maximum Gasteiger partial charge on any atom is 0.225 e. The first kappa shape index (κ1) is 16.0. The zero-order valence-electron chi connectivity index (χ0n) is 14.3. The Kier molecular flexibility index (Phi) is 4.75. The Morgan fingerprint density at radius 1 is 0.875 bits per heavy atom. The van der Waals surface area contributed by atoms with E-state index in [2.05, 4.69) is 58.7 Å². The molecule has 3 rings (SSSR count). The summed E-state index contributed by atoms with van der Waals surface area (Å²) in [5, 5.41) is 6.69. The van der Waals surface area contributed by atoms with E-state index in [1.165, 1.54) is 16.7 Å². The van der Waals surface area contributed by atoms with Gasteiger partial charge in [0.2, 0.25) is 5.95 Å². The predicted molar refractivity (Wildman–Crippen MR) is 99.7 cm³/mol. The third kappa shape index (κ3) is 3.90. The molecular weight excluding hydrogens is 296 g/mol. The highest BCUT2D eigenvalue weighted by Crippen LogP contribution is 2.22. The van der Waals surface area contributed by atoms with Gasteiger partial charge in [0.05, 0.1) is 0 Å². The zero-order valence-corrected chi connectivity index (χ0v) is 14.3. The molecule has 4 nitrogen and oxygen atoms in total. The highest BCUT2D eigenvalue weighted by atomic mass is 15.1. The van der Waals surface area contributed by atoms with E-state index in [9.17, 15) is 0 Å². The number of hydrogen-bond donors (Lipinski definition) is 2. The van der Waals surface area contributed by atoms with Gasteiger partial charge in [-0.1, -0.05) is 42.5 Å². The lowest BCUT2D eigenvalue weighted by Gasteiger charge is -2.13. The molecule has 0 saturated heterocycles. The van der Waals surface area contributed by atoms with Crippen molar-refractivity contribution in [2.24, 2.45) is 0 Å². The summed E-state index contributed by atoms with van der Waals surface area (Å²) < 4.78 is 0. The molecule has 0 atom stereocenters. The molecular formula is C20H22N4. The lowest BCUT2D eigenvalue weighted by molar-refractivity contribution is 1.03. The van der Waals surface area contributed by atoms with Crippen molar-refractivity contribution in [1.82, 2.24) is 9.97 Å². The average Bonchev–Trinajstić information content (AvgIpc) is 2.58. The normalized spacial score (nSPS) is 10.5. The number of aromatic nitrogens is 2. The topological polar surface area (TPSA) is 49.8 Å². The summed E-state index contributed by atoms with van der Waals surface area (Å²) in [7, 11) is 0. The van der Waals surface area contributed by atoms with E-state index < -0.39 is 0 Å². The van der Waals surface area contributed by atoms with Crippen LogP contribution in [0, 0.1) is 20.8 Å². The van der Waals surface area contributed by atoms with Crippen LogP contribution < -0.4 is 10.6 Å². The molecule has 0 radical (unpaired) electrons. The van der Waals surface area contributed by atoms with Crippen LogP contribution in [0.3, 0.4) is 0 Å². The Hall–Kier alpha value is -2.88. The molecule has 2 N–H and O–H groups in total. The van der Waals surface area contributed by atoms with Gasteiger partial charge in [-0.3, -0.25) is 0 Å². The van der Waals surface area contributed by atoms with Gasteiger partial charge in [0.1, 0.15) is 5.82 Å². The van der Waals surface area contributed by atoms with E-state index in [1.54, 1.807) is 0 Å². The third-order valence-electron chi connectivity index (χ3n) is 4.02. The molecule has 0 bridgehead atoms. The maximum absolute atomic E-state index is 4.58. The fraction of sp³-hybridized carbons (Fsp3) is 0.200. The number of hydrogen-bond acceptors (Lipinski definition) is 4. The second-order valence-corrected chi connectivity index (χ2v) is 5.93. The van der Waals surface area contributed by atoms with Gasteiger partial charge in [0.25, 0.3) is 0 Å². The minimum Gasteiger partial charge on any atom is -0.350 e. The number of nitrogens with one attached hydrogen (secondary N) is 2. The Balaban J connectivity index is 1.77. The molecule has 0 amide bonds. The Morgan fingerprint density at radius 3 is 2.46 bits per heavy atom. The molecule has 0 aliphatic carbocycles. The number of nitrogens with zero attached hydrogens (tertiary/aromatic N) is 2. The third-order valence-corrected chi connectivity index (χ3v) is 4.02. The first-order valence-corrected chi connectivity index (χ1v) is 8.08. The van der Waals surface area contributed by atoms with Crippen LogP contribution in [-0.4, -0.2) is 9.97 Å². The summed E-state index contributed by atoms with van der Waals surface area (Å²) in [4.78, 5) is 9.05. The smallest absolute Gasteiger partial charge is 0.225 e. The molecule has 0 aliphatic heterocycles. The number of rotatable bonds is 5. The average molecular weight is 318 g/mol. The van der Waals surface area contributed by atoms with Crippen LogP contribution in [0.25, 0.3) is 0 Å². The first-order valence-electron chi connectivity index (χ1n) is 8.08. The zero-order chi connectivity index (χ0) is 16.9. The second-order valence-electron chi connectivity index (χ2n) is 5.93. The SMILES string of the molecule is Cc1cc(Nc2cccc(C)c2C)nc(NCc2ccccc2)n1. The number of benzene rings is 2. The molecule has 0 unspecified atom stereocenters. The van der Waals surface area contributed by atoms with E-state index in [0.717, 1.165) is 17.2 Å². The Bertz CT molecular complexity index is 828. The Labute approximate surface area is 143 Å². The van der Waals surface area contributed by atoms with Gasteiger partial charge in [-0.15, -0.1) is 0 Å². The highest BCUT2D eigenvalue weighted by molar-refractivity contribution is 5.62. The molecule has 3 aromatic rings. The van der Waals surface area contributed by atoms with Crippen LogP contribution in [0.15, 0.2) is 54.6 Å². The molecule has 2 aromatic carbocycles. The summed E-state index contributed by atoms with van der Waals surface area (Å²) in [6.07, 6.45) is 0. The number of anilines is 3. The van der Waals surface area contributed by atoms with Crippen molar-refractivity contribution in [3.8, 4) is 0 Å². The Morgan fingerprint density at radius 2 is 1.67 bits per heavy atom. The predicted octanol–water partition coefficient (Wildman–Crippen LogP) is 4.76. The van der Waals surface area contributed by atoms with E-state index >= 15 is 0 Å². The van der Waals surface area contributed by atoms with Crippen LogP contribution in [0.4, 0.5) is 17.5 Å². The quantitative estimate of drug-likeness (QED) is 0.712. The van der Waals surface area contributed by atoms with Gasteiger partial charge >= 0.3 is 0 Å². The maximum atomic E-state index is 4.58. The minimum absolute atomic E-state index is 0.631. The standard InChI is InChI=1S/C20H22N4/c1-14-8-7-11-18(16(14)3)23-19-12-15(2)22-20(24-19)21-13-17-9-5-4-6-10-17/h4-12H,13H2,1-3H3,(H2,21,22,23,24). The second kappa shape index (κ2) is 7.13. The van der Waals surface area contributed by atoms with Crippen LogP contribution >= 0.6 is 0 Å². The van der Waals surface area contributed by atoms with Crippen LogP contribution in [0.1, 0.15) is 22.4 Å². The van der Waals surface area contributed by atoms with Crippen LogP contribution in [0.2, 0.25) is 0 Å². The molecule has 24 heavy (non-hydrogen) atoms. The molecule has 0 spiro atoms. The fourth-order valence-corrected chi connectivity index (χ4v) is 2.51. The molecule has 4 heteroatoms. The van der Waals surface area contributed by atoms with Crippen molar-refractivity contribution < 1.29 is 0 Å². The van der Waals surface area contributed by atoms with Gasteiger partial charge in [0, 0.05) is 24.0 Å². The van der Waals surface area contributed by atoms with Gasteiger partial charge < -0.3 is 10.6 Å². The van der Waals surface area contributed by atoms with Crippen molar-refractivity contribution in [3.63, 3.8) is 0 Å². The number of aryl methyl sites for hydroxylation is 2. The summed E-state index contributed by atoms with van der Waals surface area (Å²) >= 11 is 0. The van der Waals surface area contributed by atoms with E-state index in [4.69, 9.17) is 0 Å². The van der Waals surface area contributed by atoms with Crippen molar-refractivity contribution in [2.75, 3.05) is 10.6 Å². The van der Waals surface area contributed by atoms with Gasteiger partial charge in [-0.05, 0) is 43.5 Å². The van der Waals surface area contributed by atoms with Gasteiger partial charge in [-0.25, -0.2) is 4.98 Å². The van der Waals surface area contributed by atoms with E-state index in [1.807, 2.05) is 37.3 Å². The van der Waals surface area contributed by atoms with E-state index in [-0.39, 0.29) is 0 Å². The van der Waals surface area contributed by atoms with Gasteiger partial charge in [0.15, 0.2) is 0 Å². The van der Waals surface area contributed by atoms with Crippen molar-refractivity contribution in [1.29, 1.82) is 0 Å². The van der Waals surface area contributed by atoms with Crippen LogP contribution in [0.5, 0.6) is 0 Å². The van der Waals surface area contributed by atoms with Gasteiger partial charge in [-0.2, -0.15) is 4.98 Å². The van der Waals surface area contributed by atoms with Crippen molar-refractivity contribution in [2.45, 2.75) is 27.3 Å². The first-order chi connectivity index (χ1) is 11.6. The lowest BCUT2D eigenvalue weighted by Crippen LogP contribution is -2.06. The molecule has 0 fully saturated rings. The monoisotopic (exact) mass is 318 g/mol. The molecule has 1 heterocycles. The minimum atomic E-state index is 0.631. The largest absolute Gasteiger partial charge is 0.350 e. The van der Waals surface area contributed by atoms with E-state index in [0.29, 0.717) is 12.5 Å². The molecule has 122 valence electrons. The molecule has 0 saturated carbocycles. The molecule has 1 aromatic heterocycles. The lowest BCUT2D eigenvalue weighted by atomic mass is 10.1. The summed E-state index contributed by atoms with van der Waals surface area (Å²) in [5.41, 5.74) is 5.68. The summed E-state index contributed by atoms with van der Waals surface area (Å²) in [5.74, 6) is 1.43. The molecule has 0 aliphatic rings.